The Balaban J connectivity index is 1.61. The van der Waals surface area contributed by atoms with Gasteiger partial charge in [-0.1, -0.05) is 42.1 Å². The Morgan fingerprint density at radius 2 is 2.12 bits per heavy atom. The molecule has 0 fully saturated rings. The summed E-state index contributed by atoms with van der Waals surface area (Å²) in [6, 6.07) is 7.16. The normalized spacial score (nSPS) is 18.5. The minimum absolute atomic E-state index is 0.102. The quantitative estimate of drug-likeness (QED) is 0.912. The van der Waals surface area contributed by atoms with Crippen LogP contribution in [-0.2, 0) is 9.59 Å². The zero-order chi connectivity index (χ0) is 16.9. The average Bonchev–Trinajstić information content (AvgIpc) is 2.60. The van der Waals surface area contributed by atoms with Crippen LogP contribution in [-0.4, -0.2) is 35.6 Å². The molecule has 6 nitrogen and oxygen atoms in total. The van der Waals surface area contributed by atoms with Gasteiger partial charge in [-0.2, -0.15) is 4.99 Å². The average molecular weight is 341 g/mol. The van der Waals surface area contributed by atoms with E-state index in [2.05, 4.69) is 15.3 Å². The number of hydrogen-bond acceptors (Lipinski definition) is 5. The standard InChI is InChI=1S/C17H15N3O3S/c1-23-14-9-5-4-8-13(14)18-15(21)10-24-17-19-12-7-3-2-6-11(12)16(22)20-17/h2-9,11H,10H2,1H3,(H,18,21). The lowest BCUT2D eigenvalue weighted by Gasteiger charge is -2.17. The van der Waals surface area contributed by atoms with E-state index >= 15 is 0 Å². The van der Waals surface area contributed by atoms with Crippen molar-refractivity contribution in [2.24, 2.45) is 15.9 Å². The van der Waals surface area contributed by atoms with Gasteiger partial charge >= 0.3 is 0 Å². The smallest absolute Gasteiger partial charge is 0.261 e. The van der Waals surface area contributed by atoms with E-state index in [0.717, 1.165) is 11.8 Å². The molecular weight excluding hydrogens is 326 g/mol. The zero-order valence-electron chi connectivity index (χ0n) is 12.9. The molecule has 1 aromatic rings. The lowest BCUT2D eigenvalue weighted by molar-refractivity contribution is -0.118. The number of carbonyl (C=O) groups is 2. The van der Waals surface area contributed by atoms with E-state index in [0.29, 0.717) is 22.3 Å². The van der Waals surface area contributed by atoms with Crippen molar-refractivity contribution in [3.05, 3.63) is 48.6 Å². The third-order valence-corrected chi connectivity index (χ3v) is 4.26. The fraction of sp³-hybridized carbons (Fsp3) is 0.176. The first-order chi connectivity index (χ1) is 11.7. The fourth-order valence-electron chi connectivity index (χ4n) is 2.28. The first kappa shape index (κ1) is 16.2. The van der Waals surface area contributed by atoms with Gasteiger partial charge in [-0.3, -0.25) is 9.59 Å². The molecule has 1 heterocycles. The van der Waals surface area contributed by atoms with Crippen LogP contribution in [0.5, 0.6) is 5.75 Å². The minimum atomic E-state index is -0.401. The van der Waals surface area contributed by atoms with Gasteiger partial charge in [0, 0.05) is 0 Å². The molecule has 1 unspecified atom stereocenters. The molecule has 0 spiro atoms. The number of anilines is 1. The highest BCUT2D eigenvalue weighted by molar-refractivity contribution is 8.14. The molecular formula is C17H15N3O3S. The summed E-state index contributed by atoms with van der Waals surface area (Å²) in [7, 11) is 1.54. The number of rotatable bonds is 4. The summed E-state index contributed by atoms with van der Waals surface area (Å²) in [4.78, 5) is 32.3. The summed E-state index contributed by atoms with van der Waals surface area (Å²) in [6.07, 6.45) is 7.17. The molecule has 1 atom stereocenters. The van der Waals surface area contributed by atoms with E-state index in [1.165, 1.54) is 0 Å². The molecule has 1 aliphatic heterocycles. The maximum atomic E-state index is 12.1. The van der Waals surface area contributed by atoms with E-state index in [1.54, 1.807) is 37.5 Å². The number of nitrogens with zero attached hydrogens (tertiary/aromatic N) is 2. The van der Waals surface area contributed by atoms with Crippen LogP contribution >= 0.6 is 11.8 Å². The highest BCUT2D eigenvalue weighted by Crippen LogP contribution is 2.24. The van der Waals surface area contributed by atoms with E-state index in [1.807, 2.05) is 18.2 Å². The van der Waals surface area contributed by atoms with Crippen LogP contribution in [0.2, 0.25) is 0 Å². The maximum absolute atomic E-state index is 12.1. The van der Waals surface area contributed by atoms with Gasteiger partial charge < -0.3 is 10.1 Å². The summed E-state index contributed by atoms with van der Waals surface area (Å²) in [6.45, 7) is 0. The second-order valence-corrected chi connectivity index (χ2v) is 5.97. The molecule has 1 N–H and O–H groups in total. The first-order valence-corrected chi connectivity index (χ1v) is 8.27. The number of hydrogen-bond donors (Lipinski definition) is 1. The monoisotopic (exact) mass is 341 g/mol. The van der Waals surface area contributed by atoms with Crippen LogP contribution in [0.1, 0.15) is 0 Å². The summed E-state index contributed by atoms with van der Waals surface area (Å²) >= 11 is 1.13. The van der Waals surface area contributed by atoms with Crippen LogP contribution < -0.4 is 10.1 Å². The molecule has 3 rings (SSSR count). The number of amidine groups is 1. The number of fused-ring (bicyclic) bond motifs is 1. The van der Waals surface area contributed by atoms with Gasteiger partial charge in [0.1, 0.15) is 11.7 Å². The van der Waals surface area contributed by atoms with Crippen LogP contribution in [0.3, 0.4) is 0 Å². The molecule has 0 saturated carbocycles. The SMILES string of the molecule is COc1ccccc1NC(=O)CSC1=NC(=O)C2C=CC=CC2=N1. The van der Waals surface area contributed by atoms with Crippen molar-refractivity contribution >= 4 is 40.1 Å². The van der Waals surface area contributed by atoms with Crippen LogP contribution in [0.25, 0.3) is 0 Å². The first-order valence-electron chi connectivity index (χ1n) is 7.29. The number of carbonyl (C=O) groups excluding carboxylic acids is 2. The number of nitrogens with one attached hydrogen (secondary N) is 1. The number of methoxy groups -OCH3 is 1. The van der Waals surface area contributed by atoms with Gasteiger partial charge in [-0.15, -0.1) is 0 Å². The predicted octanol–water partition coefficient (Wildman–Crippen LogP) is 2.45. The van der Waals surface area contributed by atoms with Crippen molar-refractivity contribution in [3.8, 4) is 5.75 Å². The van der Waals surface area contributed by atoms with Crippen LogP contribution in [0.4, 0.5) is 5.69 Å². The van der Waals surface area contributed by atoms with Gasteiger partial charge in [0.05, 0.1) is 24.3 Å². The second kappa shape index (κ2) is 7.27. The zero-order valence-corrected chi connectivity index (χ0v) is 13.7. The number of ether oxygens (including phenoxy) is 1. The number of aliphatic imine (C=N–C) groups is 2. The summed E-state index contributed by atoms with van der Waals surface area (Å²) in [5.41, 5.74) is 1.25. The van der Waals surface area contributed by atoms with Crippen molar-refractivity contribution in [3.63, 3.8) is 0 Å². The molecule has 0 radical (unpaired) electrons. The van der Waals surface area contributed by atoms with Crippen molar-refractivity contribution in [2.75, 3.05) is 18.2 Å². The molecule has 0 aromatic heterocycles. The lowest BCUT2D eigenvalue weighted by atomic mass is 9.97. The van der Waals surface area contributed by atoms with Gasteiger partial charge in [0.25, 0.3) is 5.91 Å². The topological polar surface area (TPSA) is 80.1 Å². The van der Waals surface area contributed by atoms with E-state index in [9.17, 15) is 9.59 Å². The molecule has 7 heteroatoms. The molecule has 1 aliphatic carbocycles. The van der Waals surface area contributed by atoms with E-state index < -0.39 is 5.92 Å². The van der Waals surface area contributed by atoms with Crippen molar-refractivity contribution in [2.45, 2.75) is 0 Å². The molecule has 1 aromatic carbocycles. The van der Waals surface area contributed by atoms with Gasteiger partial charge in [-0.05, 0) is 18.2 Å². The molecule has 0 saturated heterocycles. The fourth-order valence-corrected chi connectivity index (χ4v) is 2.93. The largest absolute Gasteiger partial charge is 0.495 e. The summed E-state index contributed by atoms with van der Waals surface area (Å²) < 4.78 is 5.19. The molecule has 0 bridgehead atoms. The van der Waals surface area contributed by atoms with E-state index in [-0.39, 0.29) is 17.6 Å². The predicted molar refractivity (Wildman–Crippen MR) is 95.7 cm³/mol. The molecule has 122 valence electrons. The minimum Gasteiger partial charge on any atom is -0.495 e. The highest BCUT2D eigenvalue weighted by atomic mass is 32.2. The Hall–Kier alpha value is -2.67. The number of para-hydroxylation sites is 2. The molecule has 24 heavy (non-hydrogen) atoms. The van der Waals surface area contributed by atoms with Gasteiger partial charge in [0.2, 0.25) is 5.91 Å². The Morgan fingerprint density at radius 3 is 2.96 bits per heavy atom. The maximum Gasteiger partial charge on any atom is 0.261 e. The van der Waals surface area contributed by atoms with Crippen molar-refractivity contribution < 1.29 is 14.3 Å². The second-order valence-electron chi connectivity index (χ2n) is 5.03. The van der Waals surface area contributed by atoms with Crippen molar-refractivity contribution in [1.29, 1.82) is 0 Å². The third kappa shape index (κ3) is 3.62. The number of amides is 2. The Kier molecular flexibility index (Phi) is 4.90. The third-order valence-electron chi connectivity index (χ3n) is 3.41. The summed E-state index contributed by atoms with van der Waals surface area (Å²) in [5.74, 6) is -0.190. The Morgan fingerprint density at radius 1 is 1.29 bits per heavy atom. The molecule has 2 aliphatic rings. The van der Waals surface area contributed by atoms with E-state index in [4.69, 9.17) is 4.74 Å². The highest BCUT2D eigenvalue weighted by Gasteiger charge is 2.26. The van der Waals surface area contributed by atoms with Gasteiger partial charge in [-0.25, -0.2) is 4.99 Å². The van der Waals surface area contributed by atoms with Crippen LogP contribution in [0.15, 0.2) is 58.6 Å². The van der Waals surface area contributed by atoms with Crippen molar-refractivity contribution in [1.82, 2.24) is 0 Å². The number of benzene rings is 1. The van der Waals surface area contributed by atoms with Crippen LogP contribution in [0, 0.1) is 5.92 Å². The molecule has 2 amide bonds. The Labute approximate surface area is 143 Å². The Bertz CT molecular complexity index is 796. The number of allylic oxidation sites excluding steroid dienone is 3. The summed E-state index contributed by atoms with van der Waals surface area (Å²) in [5, 5.41) is 3.08. The van der Waals surface area contributed by atoms with Gasteiger partial charge in [0.15, 0.2) is 5.17 Å². The number of thioether (sulfide) groups is 1. The lowest BCUT2D eigenvalue weighted by Crippen LogP contribution is -2.26.